The Balaban J connectivity index is 1.99. The molecular formula is C15H12F3NO. The summed E-state index contributed by atoms with van der Waals surface area (Å²) in [4.78, 5) is 0. The van der Waals surface area contributed by atoms with E-state index in [1.165, 1.54) is 18.2 Å². The summed E-state index contributed by atoms with van der Waals surface area (Å²) >= 11 is 0. The molecule has 3 rings (SSSR count). The van der Waals surface area contributed by atoms with Crippen LogP contribution in [0.4, 0.5) is 13.2 Å². The third kappa shape index (κ3) is 2.25. The highest BCUT2D eigenvalue weighted by Gasteiger charge is 2.29. The van der Waals surface area contributed by atoms with Gasteiger partial charge < -0.3 is 10.5 Å². The van der Waals surface area contributed by atoms with E-state index in [2.05, 4.69) is 0 Å². The number of hydrogen-bond acceptors (Lipinski definition) is 2. The second-order valence-electron chi connectivity index (χ2n) is 4.80. The van der Waals surface area contributed by atoms with Gasteiger partial charge in [-0.05, 0) is 36.4 Å². The van der Waals surface area contributed by atoms with Crippen LogP contribution in [0.5, 0.6) is 5.75 Å². The first-order chi connectivity index (χ1) is 9.54. The van der Waals surface area contributed by atoms with Gasteiger partial charge in [-0.25, -0.2) is 13.2 Å². The summed E-state index contributed by atoms with van der Waals surface area (Å²) in [5.74, 6) is -1.09. The highest BCUT2D eigenvalue weighted by atomic mass is 19.1. The first kappa shape index (κ1) is 13.0. The van der Waals surface area contributed by atoms with Gasteiger partial charge in [0.2, 0.25) is 0 Å². The van der Waals surface area contributed by atoms with E-state index in [0.717, 1.165) is 18.2 Å². The first-order valence-electron chi connectivity index (χ1n) is 6.21. The summed E-state index contributed by atoms with van der Waals surface area (Å²) in [5, 5.41) is 0. The molecule has 5 heteroatoms. The molecule has 1 heterocycles. The largest absolute Gasteiger partial charge is 0.485 e. The Labute approximate surface area is 114 Å². The van der Waals surface area contributed by atoms with E-state index in [1.54, 1.807) is 0 Å². The normalized spacial score (nSPS) is 21.2. The third-order valence-electron chi connectivity index (χ3n) is 3.41. The van der Waals surface area contributed by atoms with Gasteiger partial charge in [0.15, 0.2) is 0 Å². The van der Waals surface area contributed by atoms with E-state index in [4.69, 9.17) is 10.5 Å². The molecule has 0 amide bonds. The van der Waals surface area contributed by atoms with Crippen LogP contribution in [0.25, 0.3) is 0 Å². The molecule has 104 valence electrons. The molecule has 1 unspecified atom stereocenters. The molecule has 2 N–H and O–H groups in total. The van der Waals surface area contributed by atoms with E-state index in [-0.39, 0.29) is 12.0 Å². The van der Waals surface area contributed by atoms with Crippen molar-refractivity contribution in [2.75, 3.05) is 0 Å². The fourth-order valence-corrected chi connectivity index (χ4v) is 2.43. The van der Waals surface area contributed by atoms with Gasteiger partial charge >= 0.3 is 0 Å². The summed E-state index contributed by atoms with van der Waals surface area (Å²) < 4.78 is 45.8. The predicted octanol–water partition coefficient (Wildman–Crippen LogP) is 3.63. The standard InChI is InChI=1S/C15H12F3NO/c16-8-1-3-12(18)10(5-8)15-7-13(19)11-6-9(17)2-4-14(11)20-15/h1-6,13,15H,7,19H2/t13-,15?/m0/s1. The van der Waals surface area contributed by atoms with Gasteiger partial charge in [-0.3, -0.25) is 0 Å². The molecule has 2 atom stereocenters. The molecule has 2 aromatic carbocycles. The molecule has 20 heavy (non-hydrogen) atoms. The molecule has 0 bridgehead atoms. The molecule has 1 aliphatic rings. The highest BCUT2D eigenvalue weighted by Crippen LogP contribution is 2.40. The summed E-state index contributed by atoms with van der Waals surface area (Å²) in [6.45, 7) is 0. The Bertz CT molecular complexity index is 660. The third-order valence-corrected chi connectivity index (χ3v) is 3.41. The molecule has 0 saturated carbocycles. The van der Waals surface area contributed by atoms with Crippen LogP contribution in [0.15, 0.2) is 36.4 Å². The second kappa shape index (κ2) is 4.83. The molecule has 0 aliphatic carbocycles. The monoisotopic (exact) mass is 279 g/mol. The van der Waals surface area contributed by atoms with E-state index < -0.39 is 29.6 Å². The SMILES string of the molecule is N[C@H]1CC(c2cc(F)ccc2F)Oc2ccc(F)cc21. The molecule has 1 aliphatic heterocycles. The van der Waals surface area contributed by atoms with Gasteiger partial charge in [0.05, 0.1) is 0 Å². The highest BCUT2D eigenvalue weighted by molar-refractivity contribution is 5.39. The molecular weight excluding hydrogens is 267 g/mol. The zero-order chi connectivity index (χ0) is 14.3. The summed E-state index contributed by atoms with van der Waals surface area (Å²) in [6, 6.07) is 6.72. The predicted molar refractivity (Wildman–Crippen MR) is 67.7 cm³/mol. The zero-order valence-corrected chi connectivity index (χ0v) is 10.4. The van der Waals surface area contributed by atoms with Gasteiger partial charge in [0.25, 0.3) is 0 Å². The number of hydrogen-bond donors (Lipinski definition) is 1. The Kier molecular flexibility index (Phi) is 3.14. The van der Waals surface area contributed by atoms with Crippen molar-refractivity contribution in [3.63, 3.8) is 0 Å². The summed E-state index contributed by atoms with van der Waals surface area (Å²) in [7, 11) is 0. The van der Waals surface area contributed by atoms with E-state index >= 15 is 0 Å². The van der Waals surface area contributed by atoms with E-state index in [1.807, 2.05) is 0 Å². The minimum atomic E-state index is -0.682. The van der Waals surface area contributed by atoms with Crippen LogP contribution < -0.4 is 10.5 Å². The number of ether oxygens (including phenoxy) is 1. The summed E-state index contributed by atoms with van der Waals surface area (Å²) in [5.41, 5.74) is 6.63. The van der Waals surface area contributed by atoms with Gasteiger partial charge in [-0.1, -0.05) is 0 Å². The van der Waals surface area contributed by atoms with Gasteiger partial charge in [0.1, 0.15) is 29.3 Å². The van der Waals surface area contributed by atoms with Crippen LogP contribution in [-0.4, -0.2) is 0 Å². The van der Waals surface area contributed by atoms with Crippen LogP contribution in [-0.2, 0) is 0 Å². The fourth-order valence-electron chi connectivity index (χ4n) is 2.43. The van der Waals surface area contributed by atoms with Crippen molar-refractivity contribution in [3.8, 4) is 5.75 Å². The van der Waals surface area contributed by atoms with Gasteiger partial charge in [-0.15, -0.1) is 0 Å². The molecule has 0 spiro atoms. The number of rotatable bonds is 1. The number of halogens is 3. The van der Waals surface area contributed by atoms with Gasteiger partial charge in [-0.2, -0.15) is 0 Å². The van der Waals surface area contributed by atoms with Crippen LogP contribution in [0, 0.1) is 17.5 Å². The topological polar surface area (TPSA) is 35.2 Å². The smallest absolute Gasteiger partial charge is 0.130 e. The van der Waals surface area contributed by atoms with Gasteiger partial charge in [0, 0.05) is 23.6 Å². The lowest BCUT2D eigenvalue weighted by Gasteiger charge is -2.30. The van der Waals surface area contributed by atoms with E-state index in [9.17, 15) is 13.2 Å². The van der Waals surface area contributed by atoms with Crippen LogP contribution >= 0.6 is 0 Å². The Hall–Kier alpha value is -2.01. The lowest BCUT2D eigenvalue weighted by atomic mass is 9.93. The minimum Gasteiger partial charge on any atom is -0.485 e. The number of fused-ring (bicyclic) bond motifs is 1. The number of benzene rings is 2. The molecule has 0 fully saturated rings. The van der Waals surface area contributed by atoms with Crippen molar-refractivity contribution in [2.24, 2.45) is 5.73 Å². The van der Waals surface area contributed by atoms with Crippen LogP contribution in [0.1, 0.15) is 29.7 Å². The van der Waals surface area contributed by atoms with E-state index in [0.29, 0.717) is 11.3 Å². The fraction of sp³-hybridized carbons (Fsp3) is 0.200. The average Bonchev–Trinajstić information content (AvgIpc) is 2.42. The zero-order valence-electron chi connectivity index (χ0n) is 10.4. The van der Waals surface area contributed by atoms with Crippen molar-refractivity contribution in [1.29, 1.82) is 0 Å². The average molecular weight is 279 g/mol. The molecule has 0 radical (unpaired) electrons. The maximum Gasteiger partial charge on any atom is 0.130 e. The molecule has 2 nitrogen and oxygen atoms in total. The van der Waals surface area contributed by atoms with Crippen molar-refractivity contribution in [3.05, 3.63) is 65.0 Å². The quantitative estimate of drug-likeness (QED) is 0.865. The lowest BCUT2D eigenvalue weighted by Crippen LogP contribution is -2.25. The Morgan fingerprint density at radius 1 is 0.950 bits per heavy atom. The van der Waals surface area contributed by atoms with Crippen molar-refractivity contribution in [1.82, 2.24) is 0 Å². The Morgan fingerprint density at radius 2 is 1.60 bits per heavy atom. The maximum absolute atomic E-state index is 13.8. The number of nitrogens with two attached hydrogens (primary N) is 1. The van der Waals surface area contributed by atoms with Crippen molar-refractivity contribution >= 4 is 0 Å². The lowest BCUT2D eigenvalue weighted by molar-refractivity contribution is 0.156. The van der Waals surface area contributed by atoms with Crippen molar-refractivity contribution < 1.29 is 17.9 Å². The summed E-state index contributed by atoms with van der Waals surface area (Å²) in [6.07, 6.45) is -0.421. The maximum atomic E-state index is 13.8. The second-order valence-corrected chi connectivity index (χ2v) is 4.80. The molecule has 2 aromatic rings. The van der Waals surface area contributed by atoms with Crippen molar-refractivity contribution in [2.45, 2.75) is 18.6 Å². The minimum absolute atomic E-state index is 0.121. The molecule has 0 aromatic heterocycles. The van der Waals surface area contributed by atoms with Crippen LogP contribution in [0.3, 0.4) is 0 Å². The molecule has 0 saturated heterocycles. The first-order valence-corrected chi connectivity index (χ1v) is 6.21. The Morgan fingerprint density at radius 3 is 2.35 bits per heavy atom. The van der Waals surface area contributed by atoms with Crippen LogP contribution in [0.2, 0.25) is 0 Å².